The summed E-state index contributed by atoms with van der Waals surface area (Å²) in [6.45, 7) is 2.79. The van der Waals surface area contributed by atoms with Crippen molar-refractivity contribution in [1.29, 1.82) is 0 Å². The highest BCUT2D eigenvalue weighted by atomic mass is 16.5. The molecule has 0 amide bonds. The van der Waals surface area contributed by atoms with Crippen LogP contribution in [-0.4, -0.2) is 24.8 Å². The van der Waals surface area contributed by atoms with Crippen LogP contribution in [0.3, 0.4) is 0 Å². The highest BCUT2D eigenvalue weighted by Gasteiger charge is 2.11. The third-order valence-electron chi connectivity index (χ3n) is 3.82. The van der Waals surface area contributed by atoms with Gasteiger partial charge < -0.3 is 14.6 Å². The number of carboxylic acids is 1. The van der Waals surface area contributed by atoms with E-state index in [2.05, 4.69) is 6.92 Å². The van der Waals surface area contributed by atoms with E-state index in [4.69, 9.17) is 9.47 Å². The van der Waals surface area contributed by atoms with Crippen LogP contribution in [0.4, 0.5) is 0 Å². The molecule has 0 unspecified atom stereocenters. The quantitative estimate of drug-likeness (QED) is 0.401. The van der Waals surface area contributed by atoms with Crippen LogP contribution in [0.15, 0.2) is 48.5 Å². The fraction of sp³-hybridized carbons (Fsp3) is 0.286. The first-order chi connectivity index (χ1) is 12.2. The Morgan fingerprint density at radius 3 is 2.48 bits per heavy atom. The Bertz CT molecular complexity index is 720. The minimum atomic E-state index is -0.968. The number of rotatable bonds is 9. The SMILES string of the molecule is CCCCCOc1ccc(/C=C(/C(=O)O)c2ccccc2)cc1OC. The van der Waals surface area contributed by atoms with E-state index >= 15 is 0 Å². The normalized spacial score (nSPS) is 11.2. The van der Waals surface area contributed by atoms with Crippen LogP contribution in [0.25, 0.3) is 11.6 Å². The maximum atomic E-state index is 11.6. The van der Waals surface area contributed by atoms with Crippen LogP contribution >= 0.6 is 0 Å². The Balaban J connectivity index is 2.25. The van der Waals surface area contributed by atoms with Crippen molar-refractivity contribution in [3.05, 3.63) is 59.7 Å². The van der Waals surface area contributed by atoms with Crippen molar-refractivity contribution in [2.24, 2.45) is 0 Å². The predicted octanol–water partition coefficient (Wildman–Crippen LogP) is 4.89. The highest BCUT2D eigenvalue weighted by Crippen LogP contribution is 2.30. The Hall–Kier alpha value is -2.75. The number of methoxy groups -OCH3 is 1. The zero-order valence-electron chi connectivity index (χ0n) is 14.7. The fourth-order valence-corrected chi connectivity index (χ4v) is 2.48. The molecule has 132 valence electrons. The van der Waals surface area contributed by atoms with E-state index in [1.54, 1.807) is 31.4 Å². The number of carboxylic acid groups (broad SMARTS) is 1. The second-order valence-corrected chi connectivity index (χ2v) is 5.70. The highest BCUT2D eigenvalue weighted by molar-refractivity contribution is 6.20. The van der Waals surface area contributed by atoms with E-state index < -0.39 is 5.97 Å². The fourth-order valence-electron chi connectivity index (χ4n) is 2.48. The summed E-state index contributed by atoms with van der Waals surface area (Å²) in [6, 6.07) is 14.5. The minimum Gasteiger partial charge on any atom is -0.493 e. The van der Waals surface area contributed by atoms with E-state index in [1.165, 1.54) is 0 Å². The minimum absolute atomic E-state index is 0.235. The van der Waals surface area contributed by atoms with Crippen molar-refractivity contribution in [3.8, 4) is 11.5 Å². The summed E-state index contributed by atoms with van der Waals surface area (Å²) >= 11 is 0. The molecule has 0 saturated carbocycles. The molecule has 0 aliphatic rings. The lowest BCUT2D eigenvalue weighted by atomic mass is 10.0. The molecular weight excluding hydrogens is 316 g/mol. The molecule has 0 fully saturated rings. The molecule has 0 saturated heterocycles. The summed E-state index contributed by atoms with van der Waals surface area (Å²) in [6.07, 6.45) is 4.91. The lowest BCUT2D eigenvalue weighted by Gasteiger charge is -2.11. The predicted molar refractivity (Wildman–Crippen MR) is 100.0 cm³/mol. The van der Waals surface area contributed by atoms with Gasteiger partial charge in [0.25, 0.3) is 0 Å². The Labute approximate surface area is 148 Å². The van der Waals surface area contributed by atoms with Gasteiger partial charge in [0, 0.05) is 0 Å². The molecule has 2 aromatic rings. The van der Waals surface area contributed by atoms with E-state index in [0.29, 0.717) is 23.7 Å². The van der Waals surface area contributed by atoms with E-state index in [1.807, 2.05) is 30.3 Å². The van der Waals surface area contributed by atoms with Crippen LogP contribution in [0.5, 0.6) is 11.5 Å². The summed E-state index contributed by atoms with van der Waals surface area (Å²) in [4.78, 5) is 11.6. The van der Waals surface area contributed by atoms with E-state index in [-0.39, 0.29) is 5.57 Å². The van der Waals surface area contributed by atoms with Crippen molar-refractivity contribution < 1.29 is 19.4 Å². The maximum Gasteiger partial charge on any atom is 0.336 e. The summed E-state index contributed by atoms with van der Waals surface area (Å²) in [5, 5.41) is 9.51. The molecule has 0 radical (unpaired) electrons. The Kier molecular flexibility index (Phi) is 7.08. The first-order valence-corrected chi connectivity index (χ1v) is 8.47. The van der Waals surface area contributed by atoms with Gasteiger partial charge in [-0.1, -0.05) is 56.2 Å². The molecule has 0 atom stereocenters. The van der Waals surface area contributed by atoms with E-state index in [0.717, 1.165) is 24.8 Å². The molecule has 25 heavy (non-hydrogen) atoms. The number of benzene rings is 2. The first kappa shape index (κ1) is 18.6. The lowest BCUT2D eigenvalue weighted by Crippen LogP contribution is -2.01. The van der Waals surface area contributed by atoms with Crippen LogP contribution in [0.2, 0.25) is 0 Å². The molecule has 4 nitrogen and oxygen atoms in total. The van der Waals surface area contributed by atoms with Gasteiger partial charge in [-0.15, -0.1) is 0 Å². The standard InChI is InChI=1S/C21H24O4/c1-3-4-8-13-25-19-12-11-16(15-20(19)24-2)14-18(21(22)23)17-9-6-5-7-10-17/h5-7,9-12,14-15H,3-4,8,13H2,1-2H3,(H,22,23)/b18-14+. The largest absolute Gasteiger partial charge is 0.493 e. The molecule has 2 aromatic carbocycles. The van der Waals surface area contributed by atoms with Crippen LogP contribution in [0, 0.1) is 0 Å². The van der Waals surface area contributed by atoms with Gasteiger partial charge in [0.15, 0.2) is 11.5 Å². The number of hydrogen-bond acceptors (Lipinski definition) is 3. The molecule has 0 bridgehead atoms. The summed E-state index contributed by atoms with van der Waals surface area (Å²) in [5.74, 6) is 0.306. The zero-order chi connectivity index (χ0) is 18.1. The Morgan fingerprint density at radius 2 is 1.84 bits per heavy atom. The van der Waals surface area contributed by atoms with Crippen LogP contribution in [0.1, 0.15) is 37.3 Å². The third kappa shape index (κ3) is 5.38. The maximum absolute atomic E-state index is 11.6. The monoisotopic (exact) mass is 340 g/mol. The molecular formula is C21H24O4. The third-order valence-corrected chi connectivity index (χ3v) is 3.82. The second-order valence-electron chi connectivity index (χ2n) is 5.70. The van der Waals surface area contributed by atoms with E-state index in [9.17, 15) is 9.90 Å². The average Bonchev–Trinajstić information content (AvgIpc) is 2.64. The van der Waals surface area contributed by atoms with Crippen LogP contribution in [-0.2, 0) is 4.79 Å². The summed E-state index contributed by atoms with van der Waals surface area (Å²) in [5.41, 5.74) is 1.65. The number of aliphatic carboxylic acids is 1. The van der Waals surface area contributed by atoms with Crippen molar-refractivity contribution in [1.82, 2.24) is 0 Å². The second kappa shape index (κ2) is 9.52. The molecule has 0 aromatic heterocycles. The van der Waals surface area contributed by atoms with Crippen LogP contribution < -0.4 is 9.47 Å². The first-order valence-electron chi connectivity index (χ1n) is 8.47. The number of unbranched alkanes of at least 4 members (excludes halogenated alkanes) is 2. The van der Waals surface area contributed by atoms with Gasteiger partial charge >= 0.3 is 5.97 Å². The zero-order valence-corrected chi connectivity index (χ0v) is 14.7. The van der Waals surface area contributed by atoms with Gasteiger partial charge in [0.1, 0.15) is 0 Å². The number of hydrogen-bond donors (Lipinski definition) is 1. The molecule has 0 heterocycles. The summed E-state index contributed by atoms with van der Waals surface area (Å²) < 4.78 is 11.1. The molecule has 0 aliphatic carbocycles. The van der Waals surface area contributed by atoms with Crippen molar-refractivity contribution in [3.63, 3.8) is 0 Å². The molecule has 0 aliphatic heterocycles. The topological polar surface area (TPSA) is 55.8 Å². The van der Waals surface area contributed by atoms with Gasteiger partial charge in [0.05, 0.1) is 19.3 Å². The van der Waals surface area contributed by atoms with Gasteiger partial charge in [-0.2, -0.15) is 0 Å². The Morgan fingerprint density at radius 1 is 1.08 bits per heavy atom. The van der Waals surface area contributed by atoms with Crippen molar-refractivity contribution in [2.45, 2.75) is 26.2 Å². The smallest absolute Gasteiger partial charge is 0.336 e. The average molecular weight is 340 g/mol. The number of carbonyl (C=O) groups is 1. The van der Waals surface area contributed by atoms with Crippen molar-refractivity contribution in [2.75, 3.05) is 13.7 Å². The number of ether oxygens (including phenoxy) is 2. The molecule has 4 heteroatoms. The van der Waals surface area contributed by atoms with Gasteiger partial charge in [-0.05, 0) is 35.8 Å². The molecule has 2 rings (SSSR count). The van der Waals surface area contributed by atoms with Gasteiger partial charge in [-0.3, -0.25) is 0 Å². The van der Waals surface area contributed by atoms with Gasteiger partial charge in [-0.25, -0.2) is 4.79 Å². The lowest BCUT2D eigenvalue weighted by molar-refractivity contribution is -0.130. The van der Waals surface area contributed by atoms with Crippen molar-refractivity contribution >= 4 is 17.6 Å². The summed E-state index contributed by atoms with van der Waals surface area (Å²) in [7, 11) is 1.58. The van der Waals surface area contributed by atoms with Gasteiger partial charge in [0.2, 0.25) is 0 Å². The molecule has 1 N–H and O–H groups in total. The molecule has 0 spiro atoms.